The number of benzene rings is 2. The first kappa shape index (κ1) is 16.2. The van der Waals surface area contributed by atoms with Crippen molar-refractivity contribution in [2.75, 3.05) is 18.5 Å². The van der Waals surface area contributed by atoms with Crippen LogP contribution in [-0.2, 0) is 16.0 Å². The summed E-state index contributed by atoms with van der Waals surface area (Å²) in [6.45, 7) is 0.192. The number of para-hydroxylation sites is 3. The summed E-state index contributed by atoms with van der Waals surface area (Å²) in [5.41, 5.74) is 2.63. The number of carbonyl (C=O) groups is 2. The zero-order valence-corrected chi connectivity index (χ0v) is 14.4. The van der Waals surface area contributed by atoms with Crippen LogP contribution in [0.5, 0.6) is 5.75 Å². The predicted octanol–water partition coefficient (Wildman–Crippen LogP) is 2.25. The molecule has 6 nitrogen and oxygen atoms in total. The third-order valence-electron chi connectivity index (χ3n) is 4.63. The Bertz CT molecular complexity index is 979. The molecule has 1 unspecified atom stereocenters. The number of rotatable bonds is 3. The standard InChI is InChI=1S/C20H19N3O3/c1-21-20(25)18-12-23(16-8-4-5-9-17(16)26-18)19(24)10-13-11-22-15-7-3-2-6-14(13)15/h2-9,11,18,22H,10,12H2,1H3,(H,21,25). The Kier molecular flexibility index (Phi) is 4.08. The molecule has 1 atom stereocenters. The first-order chi connectivity index (χ1) is 12.7. The largest absolute Gasteiger partial charge is 0.477 e. The van der Waals surface area contributed by atoms with Gasteiger partial charge >= 0.3 is 0 Å². The summed E-state index contributed by atoms with van der Waals surface area (Å²) in [6, 6.07) is 15.2. The predicted molar refractivity (Wildman–Crippen MR) is 99.3 cm³/mol. The SMILES string of the molecule is CNC(=O)C1CN(C(=O)Cc2c[nH]c3ccccc23)c2ccccc2O1. The number of amides is 2. The smallest absolute Gasteiger partial charge is 0.262 e. The number of nitrogens with zero attached hydrogens (tertiary/aromatic N) is 1. The molecule has 0 bridgehead atoms. The van der Waals surface area contributed by atoms with Crippen LogP contribution in [0.2, 0.25) is 0 Å². The minimum Gasteiger partial charge on any atom is -0.477 e. The van der Waals surface area contributed by atoms with Gasteiger partial charge in [0.2, 0.25) is 5.91 Å². The fraction of sp³-hybridized carbons (Fsp3) is 0.200. The van der Waals surface area contributed by atoms with E-state index in [4.69, 9.17) is 4.74 Å². The minimum absolute atomic E-state index is 0.0700. The van der Waals surface area contributed by atoms with E-state index in [0.29, 0.717) is 11.4 Å². The van der Waals surface area contributed by atoms with Crippen molar-refractivity contribution in [1.29, 1.82) is 0 Å². The van der Waals surface area contributed by atoms with Crippen molar-refractivity contribution in [2.45, 2.75) is 12.5 Å². The maximum absolute atomic E-state index is 13.1. The van der Waals surface area contributed by atoms with Crippen molar-refractivity contribution in [3.63, 3.8) is 0 Å². The van der Waals surface area contributed by atoms with Gasteiger partial charge in [0.1, 0.15) is 5.75 Å². The molecule has 1 aromatic heterocycles. The zero-order valence-electron chi connectivity index (χ0n) is 14.4. The van der Waals surface area contributed by atoms with E-state index < -0.39 is 6.10 Å². The molecule has 2 N–H and O–H groups in total. The highest BCUT2D eigenvalue weighted by Crippen LogP contribution is 2.33. The van der Waals surface area contributed by atoms with Crippen molar-refractivity contribution in [1.82, 2.24) is 10.3 Å². The topological polar surface area (TPSA) is 74.4 Å². The van der Waals surface area contributed by atoms with Crippen molar-refractivity contribution in [3.05, 3.63) is 60.3 Å². The summed E-state index contributed by atoms with van der Waals surface area (Å²) < 4.78 is 5.76. The number of nitrogens with one attached hydrogen (secondary N) is 2. The highest BCUT2D eigenvalue weighted by molar-refractivity contribution is 6.00. The van der Waals surface area contributed by atoms with Crippen LogP contribution < -0.4 is 15.0 Å². The summed E-state index contributed by atoms with van der Waals surface area (Å²) >= 11 is 0. The maximum atomic E-state index is 13.1. The summed E-state index contributed by atoms with van der Waals surface area (Å²) in [4.78, 5) is 29.9. The molecule has 2 aromatic carbocycles. The third kappa shape index (κ3) is 2.79. The molecule has 6 heteroatoms. The Morgan fingerprint density at radius 1 is 1.19 bits per heavy atom. The normalized spacial score (nSPS) is 16.0. The van der Waals surface area contributed by atoms with Gasteiger partial charge in [0, 0.05) is 24.1 Å². The lowest BCUT2D eigenvalue weighted by molar-refractivity contribution is -0.127. The fourth-order valence-corrected chi connectivity index (χ4v) is 3.30. The summed E-state index contributed by atoms with van der Waals surface area (Å²) in [5, 5.41) is 3.62. The number of H-pyrrole nitrogens is 1. The molecular weight excluding hydrogens is 330 g/mol. The number of hydrogen-bond acceptors (Lipinski definition) is 3. The zero-order chi connectivity index (χ0) is 18.1. The van der Waals surface area contributed by atoms with E-state index in [1.165, 1.54) is 0 Å². The molecule has 1 aliphatic heterocycles. The molecule has 0 saturated carbocycles. The minimum atomic E-state index is -0.721. The Morgan fingerprint density at radius 3 is 2.81 bits per heavy atom. The van der Waals surface area contributed by atoms with Gasteiger partial charge in [0.25, 0.3) is 5.91 Å². The molecule has 2 heterocycles. The van der Waals surface area contributed by atoms with Gasteiger partial charge in [-0.3, -0.25) is 9.59 Å². The fourth-order valence-electron chi connectivity index (χ4n) is 3.30. The van der Waals surface area contributed by atoms with Gasteiger partial charge < -0.3 is 19.9 Å². The molecule has 0 radical (unpaired) electrons. The lowest BCUT2D eigenvalue weighted by Gasteiger charge is -2.34. The molecule has 0 fully saturated rings. The third-order valence-corrected chi connectivity index (χ3v) is 4.63. The van der Waals surface area contributed by atoms with Crippen LogP contribution in [0.3, 0.4) is 0 Å². The van der Waals surface area contributed by atoms with Gasteiger partial charge in [-0.15, -0.1) is 0 Å². The van der Waals surface area contributed by atoms with Crippen LogP contribution in [0.4, 0.5) is 5.69 Å². The molecular formula is C20H19N3O3. The lowest BCUT2D eigenvalue weighted by atomic mass is 10.1. The quantitative estimate of drug-likeness (QED) is 0.762. The number of ether oxygens (including phenoxy) is 1. The highest BCUT2D eigenvalue weighted by atomic mass is 16.5. The first-order valence-electron chi connectivity index (χ1n) is 8.50. The van der Waals surface area contributed by atoms with E-state index in [1.54, 1.807) is 18.0 Å². The van der Waals surface area contributed by atoms with Crippen molar-refractivity contribution < 1.29 is 14.3 Å². The van der Waals surface area contributed by atoms with Crippen molar-refractivity contribution >= 4 is 28.4 Å². The van der Waals surface area contributed by atoms with Gasteiger partial charge in [0.05, 0.1) is 18.7 Å². The molecule has 0 saturated heterocycles. The molecule has 4 rings (SSSR count). The van der Waals surface area contributed by atoms with Crippen LogP contribution in [0.1, 0.15) is 5.56 Å². The second-order valence-corrected chi connectivity index (χ2v) is 6.23. The second kappa shape index (κ2) is 6.55. The van der Waals surface area contributed by atoms with Crippen molar-refractivity contribution in [3.8, 4) is 5.75 Å². The first-order valence-corrected chi connectivity index (χ1v) is 8.50. The van der Waals surface area contributed by atoms with Crippen LogP contribution in [0.15, 0.2) is 54.7 Å². The van der Waals surface area contributed by atoms with Gasteiger partial charge in [0.15, 0.2) is 6.10 Å². The van der Waals surface area contributed by atoms with E-state index in [2.05, 4.69) is 10.3 Å². The Morgan fingerprint density at radius 2 is 1.96 bits per heavy atom. The van der Waals surface area contributed by atoms with E-state index in [1.807, 2.05) is 48.7 Å². The Labute approximate surface area is 150 Å². The Balaban J connectivity index is 1.64. The molecule has 3 aromatic rings. The van der Waals surface area contributed by atoms with Gasteiger partial charge in [-0.1, -0.05) is 30.3 Å². The molecule has 0 spiro atoms. The van der Waals surface area contributed by atoms with Crippen LogP contribution in [0, 0.1) is 0 Å². The number of fused-ring (bicyclic) bond motifs is 2. The lowest BCUT2D eigenvalue weighted by Crippen LogP contribution is -2.50. The van der Waals surface area contributed by atoms with Gasteiger partial charge in [-0.25, -0.2) is 0 Å². The van der Waals surface area contributed by atoms with Crippen LogP contribution in [-0.4, -0.2) is 36.5 Å². The average Bonchev–Trinajstić information content (AvgIpc) is 3.09. The Hall–Kier alpha value is -3.28. The molecule has 26 heavy (non-hydrogen) atoms. The molecule has 0 aliphatic carbocycles. The summed E-state index contributed by atoms with van der Waals surface area (Å²) in [5.74, 6) is 0.225. The molecule has 1 aliphatic rings. The number of anilines is 1. The molecule has 132 valence electrons. The van der Waals surface area contributed by atoms with Gasteiger partial charge in [-0.05, 0) is 23.8 Å². The van der Waals surface area contributed by atoms with E-state index in [0.717, 1.165) is 16.5 Å². The van der Waals surface area contributed by atoms with E-state index in [-0.39, 0.29) is 24.8 Å². The maximum Gasteiger partial charge on any atom is 0.262 e. The van der Waals surface area contributed by atoms with E-state index in [9.17, 15) is 9.59 Å². The van der Waals surface area contributed by atoms with Crippen LogP contribution in [0.25, 0.3) is 10.9 Å². The second-order valence-electron chi connectivity index (χ2n) is 6.23. The van der Waals surface area contributed by atoms with Crippen molar-refractivity contribution in [2.24, 2.45) is 0 Å². The average molecular weight is 349 g/mol. The number of aromatic amines is 1. The molecule has 2 amide bonds. The monoisotopic (exact) mass is 349 g/mol. The number of likely N-dealkylation sites (N-methyl/N-ethyl adjacent to an activating group) is 1. The number of aromatic nitrogens is 1. The highest BCUT2D eigenvalue weighted by Gasteiger charge is 2.33. The van der Waals surface area contributed by atoms with Crippen LogP contribution >= 0.6 is 0 Å². The number of carbonyl (C=O) groups excluding carboxylic acids is 2. The summed E-state index contributed by atoms with van der Waals surface area (Å²) in [7, 11) is 1.56. The van der Waals surface area contributed by atoms with Gasteiger partial charge in [-0.2, -0.15) is 0 Å². The number of hydrogen-bond donors (Lipinski definition) is 2. The van der Waals surface area contributed by atoms with E-state index >= 15 is 0 Å². The summed E-state index contributed by atoms with van der Waals surface area (Å²) in [6.07, 6.45) is 1.39.